The number of carboxylic acids is 1. The van der Waals surface area contributed by atoms with Crippen LogP contribution in [0.5, 0.6) is 0 Å². The van der Waals surface area contributed by atoms with Gasteiger partial charge in [-0.1, -0.05) is 18.2 Å². The Morgan fingerprint density at radius 2 is 2.19 bits per heavy atom. The van der Waals surface area contributed by atoms with Crippen LogP contribution in [0, 0.1) is 19.8 Å². The normalized spacial score (nSPS) is 24.6. The fourth-order valence-corrected chi connectivity index (χ4v) is 2.23. The van der Waals surface area contributed by atoms with Crippen LogP contribution in [-0.4, -0.2) is 17.7 Å². The molecule has 1 aliphatic rings. The van der Waals surface area contributed by atoms with E-state index in [2.05, 4.69) is 0 Å². The summed E-state index contributed by atoms with van der Waals surface area (Å²) in [6.07, 6.45) is 0.324. The molecule has 86 valence electrons. The molecule has 3 nitrogen and oxygen atoms in total. The number of rotatable bonds is 2. The number of carbonyl (C=O) groups is 1. The van der Waals surface area contributed by atoms with Gasteiger partial charge in [-0.25, -0.2) is 0 Å². The van der Waals surface area contributed by atoms with Crippen LogP contribution in [-0.2, 0) is 9.53 Å². The molecule has 1 aromatic rings. The van der Waals surface area contributed by atoms with E-state index < -0.39 is 11.9 Å². The maximum Gasteiger partial charge on any atom is 0.309 e. The maximum absolute atomic E-state index is 11.1. The van der Waals surface area contributed by atoms with Crippen molar-refractivity contribution in [2.75, 3.05) is 6.61 Å². The molecular formula is C13H16O3. The smallest absolute Gasteiger partial charge is 0.309 e. The third kappa shape index (κ3) is 1.83. The summed E-state index contributed by atoms with van der Waals surface area (Å²) >= 11 is 0. The van der Waals surface area contributed by atoms with E-state index in [-0.39, 0.29) is 6.10 Å². The SMILES string of the molecule is Cc1cccc(C2OCCC2C(=O)O)c1C. The van der Waals surface area contributed by atoms with Crippen molar-refractivity contribution in [3.05, 3.63) is 34.9 Å². The number of aryl methyl sites for hydroxylation is 1. The molecule has 0 aliphatic carbocycles. The molecule has 3 heteroatoms. The Morgan fingerprint density at radius 3 is 2.88 bits per heavy atom. The number of carboxylic acid groups (broad SMARTS) is 1. The fourth-order valence-electron chi connectivity index (χ4n) is 2.23. The van der Waals surface area contributed by atoms with Gasteiger partial charge >= 0.3 is 5.97 Å². The van der Waals surface area contributed by atoms with Crippen molar-refractivity contribution < 1.29 is 14.6 Å². The molecule has 1 heterocycles. The molecule has 2 atom stereocenters. The topological polar surface area (TPSA) is 46.5 Å². The van der Waals surface area contributed by atoms with E-state index >= 15 is 0 Å². The molecule has 1 saturated heterocycles. The predicted molar refractivity (Wildman–Crippen MR) is 60.4 cm³/mol. The van der Waals surface area contributed by atoms with Crippen LogP contribution < -0.4 is 0 Å². The van der Waals surface area contributed by atoms with E-state index in [1.165, 1.54) is 5.56 Å². The Balaban J connectivity index is 2.36. The van der Waals surface area contributed by atoms with Crippen molar-refractivity contribution in [2.24, 2.45) is 5.92 Å². The van der Waals surface area contributed by atoms with Crippen LogP contribution in [0.15, 0.2) is 18.2 Å². The quantitative estimate of drug-likeness (QED) is 0.832. The van der Waals surface area contributed by atoms with Crippen molar-refractivity contribution >= 4 is 5.97 Å². The molecular weight excluding hydrogens is 204 g/mol. The van der Waals surface area contributed by atoms with Crippen LogP contribution in [0.1, 0.15) is 29.2 Å². The van der Waals surface area contributed by atoms with E-state index in [4.69, 9.17) is 9.84 Å². The van der Waals surface area contributed by atoms with Crippen molar-refractivity contribution in [2.45, 2.75) is 26.4 Å². The monoisotopic (exact) mass is 220 g/mol. The van der Waals surface area contributed by atoms with Crippen LogP contribution in [0.4, 0.5) is 0 Å². The highest BCUT2D eigenvalue weighted by molar-refractivity contribution is 5.71. The lowest BCUT2D eigenvalue weighted by molar-refractivity contribution is -0.143. The first-order valence-electron chi connectivity index (χ1n) is 5.52. The van der Waals surface area contributed by atoms with E-state index in [0.717, 1.165) is 11.1 Å². The molecule has 2 unspecified atom stereocenters. The molecule has 0 bridgehead atoms. The molecule has 1 N–H and O–H groups in total. The largest absolute Gasteiger partial charge is 0.481 e. The molecule has 1 aromatic carbocycles. The van der Waals surface area contributed by atoms with E-state index in [1.807, 2.05) is 32.0 Å². The second-order valence-corrected chi connectivity index (χ2v) is 4.31. The first kappa shape index (κ1) is 11.1. The van der Waals surface area contributed by atoms with Gasteiger partial charge in [0, 0.05) is 6.61 Å². The highest BCUT2D eigenvalue weighted by Gasteiger charge is 2.35. The molecule has 0 radical (unpaired) electrons. The van der Waals surface area contributed by atoms with E-state index in [1.54, 1.807) is 0 Å². The molecule has 1 aliphatic heterocycles. The molecule has 0 saturated carbocycles. The zero-order chi connectivity index (χ0) is 11.7. The highest BCUT2D eigenvalue weighted by Crippen LogP contribution is 2.36. The van der Waals surface area contributed by atoms with Crippen molar-refractivity contribution in [1.29, 1.82) is 0 Å². The number of hydrogen-bond acceptors (Lipinski definition) is 2. The number of hydrogen-bond donors (Lipinski definition) is 1. The third-order valence-corrected chi connectivity index (χ3v) is 3.36. The molecule has 0 spiro atoms. The molecule has 16 heavy (non-hydrogen) atoms. The Hall–Kier alpha value is -1.35. The zero-order valence-corrected chi connectivity index (χ0v) is 9.56. The number of ether oxygens (including phenoxy) is 1. The summed E-state index contributed by atoms with van der Waals surface area (Å²) in [5.74, 6) is -1.16. The van der Waals surface area contributed by atoms with Gasteiger partial charge in [-0.15, -0.1) is 0 Å². The van der Waals surface area contributed by atoms with E-state index in [0.29, 0.717) is 13.0 Å². The van der Waals surface area contributed by atoms with E-state index in [9.17, 15) is 4.79 Å². The highest BCUT2D eigenvalue weighted by atomic mass is 16.5. The Morgan fingerprint density at radius 1 is 1.44 bits per heavy atom. The minimum absolute atomic E-state index is 0.280. The van der Waals surface area contributed by atoms with Crippen molar-refractivity contribution in [1.82, 2.24) is 0 Å². The second-order valence-electron chi connectivity index (χ2n) is 4.31. The minimum atomic E-state index is -0.761. The summed E-state index contributed by atoms with van der Waals surface area (Å²) in [7, 11) is 0. The number of aliphatic carboxylic acids is 1. The Labute approximate surface area is 95.0 Å². The van der Waals surface area contributed by atoms with Crippen LogP contribution >= 0.6 is 0 Å². The summed E-state index contributed by atoms with van der Waals surface area (Å²) in [4.78, 5) is 11.1. The fraction of sp³-hybridized carbons (Fsp3) is 0.462. The van der Waals surface area contributed by atoms with Gasteiger partial charge in [-0.05, 0) is 37.0 Å². The van der Waals surface area contributed by atoms with Gasteiger partial charge in [0.25, 0.3) is 0 Å². The van der Waals surface area contributed by atoms with Gasteiger partial charge in [0.15, 0.2) is 0 Å². The number of benzene rings is 1. The summed E-state index contributed by atoms with van der Waals surface area (Å²) in [5.41, 5.74) is 3.34. The summed E-state index contributed by atoms with van der Waals surface area (Å²) in [5, 5.41) is 9.13. The van der Waals surface area contributed by atoms with Gasteiger partial charge in [-0.3, -0.25) is 4.79 Å². The first-order valence-corrected chi connectivity index (χ1v) is 5.52. The van der Waals surface area contributed by atoms with Gasteiger partial charge in [0.2, 0.25) is 0 Å². The molecule has 0 amide bonds. The maximum atomic E-state index is 11.1. The van der Waals surface area contributed by atoms with Crippen LogP contribution in [0.3, 0.4) is 0 Å². The third-order valence-electron chi connectivity index (χ3n) is 3.36. The zero-order valence-electron chi connectivity index (χ0n) is 9.56. The van der Waals surface area contributed by atoms with Gasteiger partial charge in [-0.2, -0.15) is 0 Å². The lowest BCUT2D eigenvalue weighted by Crippen LogP contribution is -2.18. The molecule has 2 rings (SSSR count). The average molecular weight is 220 g/mol. The van der Waals surface area contributed by atoms with Crippen LogP contribution in [0.25, 0.3) is 0 Å². The molecule has 0 aromatic heterocycles. The Bertz CT molecular complexity index is 412. The Kier molecular flexibility index (Phi) is 2.97. The van der Waals surface area contributed by atoms with Gasteiger partial charge < -0.3 is 9.84 Å². The predicted octanol–water partition coefficient (Wildman–Crippen LogP) is 2.47. The minimum Gasteiger partial charge on any atom is -0.481 e. The van der Waals surface area contributed by atoms with Crippen molar-refractivity contribution in [3.8, 4) is 0 Å². The first-order chi connectivity index (χ1) is 7.61. The van der Waals surface area contributed by atoms with Crippen LogP contribution in [0.2, 0.25) is 0 Å². The second kappa shape index (κ2) is 4.26. The summed E-state index contributed by atoms with van der Waals surface area (Å²) in [6.45, 7) is 4.59. The lowest BCUT2D eigenvalue weighted by atomic mass is 9.91. The van der Waals surface area contributed by atoms with Crippen molar-refractivity contribution in [3.63, 3.8) is 0 Å². The van der Waals surface area contributed by atoms with Gasteiger partial charge in [0.05, 0.1) is 12.0 Å². The lowest BCUT2D eigenvalue weighted by Gasteiger charge is -2.18. The summed E-state index contributed by atoms with van der Waals surface area (Å²) in [6, 6.07) is 5.95. The van der Waals surface area contributed by atoms with Gasteiger partial charge in [0.1, 0.15) is 0 Å². The molecule has 1 fully saturated rings. The average Bonchev–Trinajstić information content (AvgIpc) is 2.70. The summed E-state index contributed by atoms with van der Waals surface area (Å²) < 4.78 is 5.57. The standard InChI is InChI=1S/C13H16O3/c1-8-4-3-5-10(9(8)2)12-11(13(14)15)6-7-16-12/h3-5,11-12H,6-7H2,1-2H3,(H,14,15).